The molecule has 0 atom stereocenters. The highest BCUT2D eigenvalue weighted by Crippen LogP contribution is 2.36. The zero-order chi connectivity index (χ0) is 20.5. The first kappa shape index (κ1) is 20.4. The lowest BCUT2D eigenvalue weighted by Gasteiger charge is -2.04. The first-order chi connectivity index (χ1) is 13.1. The minimum Gasteiger partial charge on any atom is -0.484 e. The molecule has 2 N–H and O–H groups in total. The number of amides is 1. The molecule has 0 fully saturated rings. The molecular weight excluding hydrogens is 453 g/mol. The summed E-state index contributed by atoms with van der Waals surface area (Å²) in [7, 11) is 1.28. The van der Waals surface area contributed by atoms with Gasteiger partial charge in [-0.1, -0.05) is 28.4 Å². The van der Waals surface area contributed by atoms with Crippen molar-refractivity contribution in [2.45, 2.75) is 4.90 Å². The van der Waals surface area contributed by atoms with Gasteiger partial charge in [0.15, 0.2) is 6.61 Å². The fourth-order valence-electron chi connectivity index (χ4n) is 2.18. The molecule has 0 aliphatic carbocycles. The van der Waals surface area contributed by atoms with Gasteiger partial charge >= 0.3 is 0 Å². The van der Waals surface area contributed by atoms with Crippen molar-refractivity contribution in [2.75, 3.05) is 6.61 Å². The van der Waals surface area contributed by atoms with E-state index in [1.54, 1.807) is 24.3 Å². The van der Waals surface area contributed by atoms with Gasteiger partial charge in [0.1, 0.15) is 10.6 Å². The van der Waals surface area contributed by atoms with Gasteiger partial charge in [-0.2, -0.15) is 4.98 Å². The Morgan fingerprint density at radius 2 is 1.82 bits per heavy atom. The minimum atomic E-state index is -4.10. The third-order valence-corrected chi connectivity index (χ3v) is 5.53. The summed E-state index contributed by atoms with van der Waals surface area (Å²) < 4.78 is 33.6. The number of carbonyl (C=O) groups excluding carboxylic acids is 1. The van der Waals surface area contributed by atoms with Crippen molar-refractivity contribution in [1.29, 1.82) is 0 Å². The Balaban J connectivity index is 1.91. The number of aromatic nitrogens is 2. The smallest absolute Gasteiger partial charge is 0.262 e. The second-order valence-electron chi connectivity index (χ2n) is 5.40. The van der Waals surface area contributed by atoms with Crippen LogP contribution in [-0.4, -0.2) is 31.1 Å². The quantitative estimate of drug-likeness (QED) is 0.556. The van der Waals surface area contributed by atoms with E-state index >= 15 is 0 Å². The maximum atomic E-state index is 11.6. The van der Waals surface area contributed by atoms with Crippen LogP contribution in [0.1, 0.15) is 0 Å². The van der Waals surface area contributed by atoms with Gasteiger partial charge in [-0.15, -0.1) is 0 Å². The zero-order valence-electron chi connectivity index (χ0n) is 13.7. The molecule has 3 rings (SSSR count). The topological polar surface area (TPSA) is 125 Å². The SMILES string of the molecule is NC(=O)COc1ccc(-c2noc(-c3cc(S(=O)(=O)Cl)c(Cl)cc3Cl)n2)cc1. The highest BCUT2D eigenvalue weighted by Gasteiger charge is 2.21. The van der Waals surface area contributed by atoms with Crippen LogP contribution in [0.5, 0.6) is 5.75 Å². The number of rotatable bonds is 6. The number of halogens is 3. The summed E-state index contributed by atoms with van der Waals surface area (Å²) in [6.07, 6.45) is 0. The monoisotopic (exact) mass is 461 g/mol. The zero-order valence-corrected chi connectivity index (χ0v) is 16.8. The fraction of sp³-hybridized carbons (Fsp3) is 0.0625. The molecule has 2 aromatic carbocycles. The highest BCUT2D eigenvalue weighted by atomic mass is 35.7. The maximum Gasteiger partial charge on any atom is 0.262 e. The Kier molecular flexibility index (Phi) is 5.80. The summed E-state index contributed by atoms with van der Waals surface area (Å²) in [5.74, 6) is 0.0408. The number of carbonyl (C=O) groups is 1. The summed E-state index contributed by atoms with van der Waals surface area (Å²) in [4.78, 5) is 14.6. The number of hydrogen-bond acceptors (Lipinski definition) is 7. The van der Waals surface area contributed by atoms with Crippen molar-refractivity contribution >= 4 is 48.8 Å². The van der Waals surface area contributed by atoms with Crippen LogP contribution in [-0.2, 0) is 13.8 Å². The van der Waals surface area contributed by atoms with Gasteiger partial charge in [0.05, 0.1) is 15.6 Å². The van der Waals surface area contributed by atoms with Crippen LogP contribution < -0.4 is 10.5 Å². The van der Waals surface area contributed by atoms with Gasteiger partial charge in [0, 0.05) is 16.2 Å². The lowest BCUT2D eigenvalue weighted by molar-refractivity contribution is -0.119. The largest absolute Gasteiger partial charge is 0.484 e. The number of hydrogen-bond donors (Lipinski definition) is 1. The van der Waals surface area contributed by atoms with Crippen molar-refractivity contribution < 1.29 is 22.5 Å². The van der Waals surface area contributed by atoms with E-state index < -0.39 is 15.0 Å². The van der Waals surface area contributed by atoms with Crippen LogP contribution in [0.3, 0.4) is 0 Å². The number of benzene rings is 2. The predicted molar refractivity (Wildman–Crippen MR) is 103 cm³/mol. The molecule has 8 nitrogen and oxygen atoms in total. The molecule has 0 bridgehead atoms. The third kappa shape index (κ3) is 4.56. The standard InChI is InChI=1S/C16H10Cl3N3O5S/c17-11-6-12(18)13(28(19,24)25)5-10(11)16-21-15(22-27-16)8-1-3-9(4-2-8)26-7-14(20)23/h1-6H,7H2,(H2,20,23). The lowest BCUT2D eigenvalue weighted by Crippen LogP contribution is -2.19. The molecule has 28 heavy (non-hydrogen) atoms. The Hall–Kier alpha value is -2.33. The fourth-order valence-corrected chi connectivity index (χ4v) is 4.01. The van der Waals surface area contributed by atoms with E-state index in [1.807, 2.05) is 0 Å². The van der Waals surface area contributed by atoms with Crippen molar-refractivity contribution in [3.05, 3.63) is 46.4 Å². The first-order valence-corrected chi connectivity index (χ1v) is 10.5. The molecule has 1 amide bonds. The van der Waals surface area contributed by atoms with E-state index in [0.29, 0.717) is 11.3 Å². The molecule has 12 heteroatoms. The van der Waals surface area contributed by atoms with Gasteiger partial charge in [-0.25, -0.2) is 8.42 Å². The molecule has 0 aliphatic heterocycles. The average Bonchev–Trinajstić information content (AvgIpc) is 3.09. The van der Waals surface area contributed by atoms with E-state index in [4.69, 9.17) is 48.9 Å². The number of ether oxygens (including phenoxy) is 1. The van der Waals surface area contributed by atoms with Gasteiger partial charge in [-0.3, -0.25) is 4.79 Å². The van der Waals surface area contributed by atoms with Crippen LogP contribution in [0, 0.1) is 0 Å². The Bertz CT molecular complexity index is 1150. The van der Waals surface area contributed by atoms with Crippen LogP contribution in [0.25, 0.3) is 22.8 Å². The summed E-state index contributed by atoms with van der Waals surface area (Å²) in [5, 5.41) is 3.83. The third-order valence-electron chi connectivity index (χ3n) is 3.43. The van der Waals surface area contributed by atoms with Gasteiger partial charge in [0.2, 0.25) is 5.82 Å². The molecule has 0 saturated carbocycles. The van der Waals surface area contributed by atoms with E-state index in [9.17, 15) is 13.2 Å². The molecule has 1 aromatic heterocycles. The summed E-state index contributed by atoms with van der Waals surface area (Å²) in [6.45, 7) is -0.243. The van der Waals surface area contributed by atoms with Gasteiger partial charge < -0.3 is 15.0 Å². The second kappa shape index (κ2) is 7.96. The van der Waals surface area contributed by atoms with Crippen LogP contribution in [0.2, 0.25) is 10.0 Å². The Morgan fingerprint density at radius 3 is 2.43 bits per heavy atom. The molecule has 0 spiro atoms. The van der Waals surface area contributed by atoms with Crippen molar-refractivity contribution in [3.63, 3.8) is 0 Å². The highest BCUT2D eigenvalue weighted by molar-refractivity contribution is 8.13. The minimum absolute atomic E-state index is 0.0210. The maximum absolute atomic E-state index is 11.6. The number of nitrogens with zero attached hydrogens (tertiary/aromatic N) is 2. The Labute approximate surface area is 173 Å². The molecule has 0 aliphatic rings. The normalized spacial score (nSPS) is 11.4. The summed E-state index contributed by atoms with van der Waals surface area (Å²) in [6, 6.07) is 8.86. The molecule has 0 saturated heterocycles. The van der Waals surface area contributed by atoms with E-state index in [0.717, 1.165) is 6.07 Å². The lowest BCUT2D eigenvalue weighted by atomic mass is 10.2. The molecule has 0 unspecified atom stereocenters. The molecule has 0 radical (unpaired) electrons. The van der Waals surface area contributed by atoms with Crippen molar-refractivity contribution in [1.82, 2.24) is 10.1 Å². The van der Waals surface area contributed by atoms with Gasteiger partial charge in [0.25, 0.3) is 20.8 Å². The molecule has 3 aromatic rings. The van der Waals surface area contributed by atoms with E-state index in [-0.39, 0.29) is 38.8 Å². The summed E-state index contributed by atoms with van der Waals surface area (Å²) in [5.41, 5.74) is 5.76. The number of nitrogens with two attached hydrogens (primary N) is 1. The van der Waals surface area contributed by atoms with Crippen LogP contribution in [0.4, 0.5) is 0 Å². The average molecular weight is 463 g/mol. The Morgan fingerprint density at radius 1 is 1.14 bits per heavy atom. The van der Waals surface area contributed by atoms with Crippen LogP contribution in [0.15, 0.2) is 45.8 Å². The van der Waals surface area contributed by atoms with E-state index in [1.165, 1.54) is 6.07 Å². The molecular formula is C16H10Cl3N3O5S. The predicted octanol–water partition coefficient (Wildman–Crippen LogP) is 3.50. The number of primary amides is 1. The van der Waals surface area contributed by atoms with Crippen molar-refractivity contribution in [3.8, 4) is 28.6 Å². The summed E-state index contributed by atoms with van der Waals surface area (Å²) >= 11 is 12.0. The molecule has 146 valence electrons. The first-order valence-electron chi connectivity index (χ1n) is 7.44. The van der Waals surface area contributed by atoms with E-state index in [2.05, 4.69) is 10.1 Å². The second-order valence-corrected chi connectivity index (χ2v) is 8.75. The van der Waals surface area contributed by atoms with Gasteiger partial charge in [-0.05, 0) is 36.4 Å². The molecule has 1 heterocycles. The van der Waals surface area contributed by atoms with Crippen molar-refractivity contribution in [2.24, 2.45) is 5.73 Å². The van der Waals surface area contributed by atoms with Crippen LogP contribution >= 0.6 is 33.9 Å².